The molecule has 0 atom stereocenters. The van der Waals surface area contributed by atoms with E-state index in [9.17, 15) is 9.18 Å². The summed E-state index contributed by atoms with van der Waals surface area (Å²) in [5, 5.41) is 0.584. The number of halogens is 2. The topological polar surface area (TPSA) is 30.2 Å². The molecule has 0 amide bonds. The van der Waals surface area contributed by atoms with Gasteiger partial charge in [0.25, 0.3) is 0 Å². The number of carbonyl (C=O) groups is 1. The molecule has 1 heterocycles. The summed E-state index contributed by atoms with van der Waals surface area (Å²) in [5.74, 6) is 0.727. The van der Waals surface area contributed by atoms with Crippen LogP contribution in [0.4, 0.5) is 4.39 Å². The number of rotatable bonds is 4. The highest BCUT2D eigenvalue weighted by atomic mass is 35.5. The maximum absolute atomic E-state index is 12.9. The van der Waals surface area contributed by atoms with E-state index in [2.05, 4.69) is 0 Å². The Hall–Kier alpha value is -2.65. The number of ketones is 1. The van der Waals surface area contributed by atoms with Gasteiger partial charge in [-0.05, 0) is 72.8 Å². The second kappa shape index (κ2) is 6.63. The monoisotopic (exact) mass is 326 g/mol. The molecule has 0 saturated carbocycles. The summed E-state index contributed by atoms with van der Waals surface area (Å²) in [5.41, 5.74) is 1.33. The fraction of sp³-hybridized carbons (Fsp3) is 0. The highest BCUT2D eigenvalue weighted by Crippen LogP contribution is 2.23. The van der Waals surface area contributed by atoms with Gasteiger partial charge >= 0.3 is 0 Å². The van der Waals surface area contributed by atoms with E-state index in [4.69, 9.17) is 16.0 Å². The fourth-order valence-electron chi connectivity index (χ4n) is 2.08. The van der Waals surface area contributed by atoms with Crippen molar-refractivity contribution in [3.63, 3.8) is 0 Å². The number of hydrogen-bond acceptors (Lipinski definition) is 2. The summed E-state index contributed by atoms with van der Waals surface area (Å²) in [7, 11) is 0. The third-order valence-corrected chi connectivity index (χ3v) is 3.54. The number of allylic oxidation sites excluding steroid dienone is 1. The Morgan fingerprint density at radius 1 is 0.957 bits per heavy atom. The molecule has 0 unspecified atom stereocenters. The highest BCUT2D eigenvalue weighted by Gasteiger charge is 2.05. The van der Waals surface area contributed by atoms with Crippen molar-refractivity contribution in [1.29, 1.82) is 0 Å². The first-order valence-corrected chi connectivity index (χ1v) is 7.33. The van der Waals surface area contributed by atoms with Crippen molar-refractivity contribution in [2.24, 2.45) is 0 Å². The molecule has 114 valence electrons. The lowest BCUT2D eigenvalue weighted by Crippen LogP contribution is -1.92. The van der Waals surface area contributed by atoms with Crippen LogP contribution < -0.4 is 0 Å². The molecule has 0 aliphatic rings. The minimum Gasteiger partial charge on any atom is -0.457 e. The average Bonchev–Trinajstić information content (AvgIpc) is 3.03. The molecule has 0 bridgehead atoms. The van der Waals surface area contributed by atoms with Gasteiger partial charge in [0.2, 0.25) is 0 Å². The number of benzene rings is 2. The fourth-order valence-corrected chi connectivity index (χ4v) is 2.21. The minimum absolute atomic E-state index is 0.138. The molecule has 1 aromatic heterocycles. The lowest BCUT2D eigenvalue weighted by atomic mass is 10.1. The van der Waals surface area contributed by atoms with Gasteiger partial charge in [-0.25, -0.2) is 4.39 Å². The molecule has 3 rings (SSSR count). The van der Waals surface area contributed by atoms with Crippen molar-refractivity contribution in [1.82, 2.24) is 0 Å². The number of furan rings is 1. The van der Waals surface area contributed by atoms with Crippen molar-refractivity contribution in [2.45, 2.75) is 0 Å². The molecular weight excluding hydrogens is 315 g/mol. The minimum atomic E-state index is -0.297. The largest absolute Gasteiger partial charge is 0.457 e. The Labute approximate surface area is 137 Å². The molecule has 0 spiro atoms. The second-order valence-corrected chi connectivity index (χ2v) is 5.35. The van der Waals surface area contributed by atoms with Crippen molar-refractivity contribution in [2.75, 3.05) is 0 Å². The van der Waals surface area contributed by atoms with Crippen LogP contribution in [0.15, 0.2) is 71.2 Å². The zero-order chi connectivity index (χ0) is 16.2. The van der Waals surface area contributed by atoms with Crippen molar-refractivity contribution in [3.05, 3.63) is 88.9 Å². The first-order valence-electron chi connectivity index (χ1n) is 6.95. The van der Waals surface area contributed by atoms with Crippen LogP contribution in [-0.4, -0.2) is 5.78 Å². The SMILES string of the molecule is O=C(C=Cc1ccc(-c2ccc(F)cc2)o1)c1ccc(Cl)cc1. The second-order valence-electron chi connectivity index (χ2n) is 4.91. The standard InChI is InChI=1S/C19H12ClFO2/c20-15-5-1-13(2-6-15)18(22)11-9-17-10-12-19(23-17)14-3-7-16(21)8-4-14/h1-12H. The Kier molecular flexibility index (Phi) is 4.40. The van der Waals surface area contributed by atoms with E-state index in [0.717, 1.165) is 5.56 Å². The Balaban J connectivity index is 1.74. The molecule has 4 heteroatoms. The van der Waals surface area contributed by atoms with Gasteiger partial charge in [0, 0.05) is 16.1 Å². The van der Waals surface area contributed by atoms with Crippen molar-refractivity contribution in [3.8, 4) is 11.3 Å². The quantitative estimate of drug-likeness (QED) is 0.459. The van der Waals surface area contributed by atoms with Gasteiger partial charge in [0.05, 0.1) is 0 Å². The van der Waals surface area contributed by atoms with Crippen molar-refractivity contribution < 1.29 is 13.6 Å². The summed E-state index contributed by atoms with van der Waals surface area (Å²) >= 11 is 5.79. The first kappa shape index (κ1) is 15.3. The lowest BCUT2D eigenvalue weighted by Gasteiger charge is -1.96. The van der Waals surface area contributed by atoms with Gasteiger partial charge in [0.1, 0.15) is 17.3 Å². The van der Waals surface area contributed by atoms with E-state index in [-0.39, 0.29) is 11.6 Å². The van der Waals surface area contributed by atoms with Crippen LogP contribution >= 0.6 is 11.6 Å². The lowest BCUT2D eigenvalue weighted by molar-refractivity contribution is 0.104. The molecule has 2 nitrogen and oxygen atoms in total. The van der Waals surface area contributed by atoms with E-state index < -0.39 is 0 Å². The Bertz CT molecular complexity index is 846. The van der Waals surface area contributed by atoms with Gasteiger partial charge in [-0.1, -0.05) is 11.6 Å². The van der Waals surface area contributed by atoms with Gasteiger partial charge in [0.15, 0.2) is 5.78 Å². The Morgan fingerprint density at radius 2 is 1.65 bits per heavy atom. The highest BCUT2D eigenvalue weighted by molar-refractivity contribution is 6.30. The molecule has 0 fully saturated rings. The van der Waals surface area contributed by atoms with Gasteiger partial charge in [-0.2, -0.15) is 0 Å². The van der Waals surface area contributed by atoms with Gasteiger partial charge < -0.3 is 4.42 Å². The molecule has 0 saturated heterocycles. The van der Waals surface area contributed by atoms with Crippen LogP contribution in [-0.2, 0) is 0 Å². The molecule has 0 aliphatic carbocycles. The molecule has 23 heavy (non-hydrogen) atoms. The molecule has 0 radical (unpaired) electrons. The molecule has 0 N–H and O–H groups in total. The Morgan fingerprint density at radius 3 is 2.35 bits per heavy atom. The third kappa shape index (κ3) is 3.76. The molecular formula is C19H12ClFO2. The van der Waals surface area contributed by atoms with Gasteiger partial charge in [-0.3, -0.25) is 4.79 Å². The van der Waals surface area contributed by atoms with Crippen LogP contribution in [0.5, 0.6) is 0 Å². The van der Waals surface area contributed by atoms with E-state index in [1.165, 1.54) is 18.2 Å². The van der Waals surface area contributed by atoms with E-state index in [0.29, 0.717) is 22.1 Å². The predicted molar refractivity (Wildman–Crippen MR) is 88.9 cm³/mol. The zero-order valence-electron chi connectivity index (χ0n) is 12.0. The van der Waals surface area contributed by atoms with Crippen LogP contribution in [0, 0.1) is 5.82 Å². The first-order chi connectivity index (χ1) is 11.1. The summed E-state index contributed by atoms with van der Waals surface area (Å²) in [4.78, 5) is 12.0. The van der Waals surface area contributed by atoms with Crippen LogP contribution in [0.3, 0.4) is 0 Å². The molecule has 0 aliphatic heterocycles. The maximum atomic E-state index is 12.9. The predicted octanol–water partition coefficient (Wildman–Crippen LogP) is 5.64. The third-order valence-electron chi connectivity index (χ3n) is 3.28. The normalized spacial score (nSPS) is 11.0. The van der Waals surface area contributed by atoms with Crippen LogP contribution in [0.1, 0.15) is 16.1 Å². The van der Waals surface area contributed by atoms with Crippen molar-refractivity contribution >= 4 is 23.5 Å². The van der Waals surface area contributed by atoms with E-state index >= 15 is 0 Å². The smallest absolute Gasteiger partial charge is 0.185 e. The number of carbonyl (C=O) groups excluding carboxylic acids is 1. The van der Waals surface area contributed by atoms with Crippen LogP contribution in [0.2, 0.25) is 5.02 Å². The maximum Gasteiger partial charge on any atom is 0.185 e. The van der Waals surface area contributed by atoms with Crippen LogP contribution in [0.25, 0.3) is 17.4 Å². The van der Waals surface area contributed by atoms with Gasteiger partial charge in [-0.15, -0.1) is 0 Å². The summed E-state index contributed by atoms with van der Waals surface area (Å²) < 4.78 is 18.5. The molecule has 2 aromatic carbocycles. The van der Waals surface area contributed by atoms with E-state index in [1.807, 2.05) is 0 Å². The number of hydrogen-bond donors (Lipinski definition) is 0. The summed E-state index contributed by atoms with van der Waals surface area (Å²) in [6.07, 6.45) is 3.04. The summed E-state index contributed by atoms with van der Waals surface area (Å²) in [6, 6.07) is 16.2. The molecule has 3 aromatic rings. The van der Waals surface area contributed by atoms with E-state index in [1.54, 1.807) is 54.6 Å². The average molecular weight is 327 g/mol. The zero-order valence-corrected chi connectivity index (χ0v) is 12.8. The summed E-state index contributed by atoms with van der Waals surface area (Å²) in [6.45, 7) is 0.